The molecule has 7 rings (SSSR count). The second-order valence-corrected chi connectivity index (χ2v) is 14.9. The maximum atomic E-state index is 15.1. The van der Waals surface area contributed by atoms with Gasteiger partial charge < -0.3 is 29.3 Å². The summed E-state index contributed by atoms with van der Waals surface area (Å²) < 4.78 is 46.4. The number of nitrogens with one attached hydrogen (secondary N) is 1. The number of nitriles is 1. The molecule has 0 unspecified atom stereocenters. The summed E-state index contributed by atoms with van der Waals surface area (Å²) in [7, 11) is -1.93. The minimum atomic E-state index is -4.69. The predicted octanol–water partition coefficient (Wildman–Crippen LogP) is 2.91. The SMILES string of the molecule is CCOc1ncccc1[C@]1(NC(=O)N2CC(N3CCC(N4CCC4)CC3)C2)C(=O)N(S(=O)(=O)c2ccc(OC)cc2OC)c2ccc(C#N)cc21. The number of carbonyl (C=O) groups excluding carboxylic acids is 2. The van der Waals surface area contributed by atoms with Gasteiger partial charge in [-0.15, -0.1) is 0 Å². The molecule has 268 valence electrons. The number of piperidine rings is 1. The van der Waals surface area contributed by atoms with Crippen LogP contribution in [0.15, 0.2) is 59.6 Å². The Morgan fingerprint density at radius 1 is 1.00 bits per heavy atom. The largest absolute Gasteiger partial charge is 0.497 e. The van der Waals surface area contributed by atoms with Crippen molar-refractivity contribution < 1.29 is 32.2 Å². The van der Waals surface area contributed by atoms with Crippen LogP contribution in [-0.4, -0.2) is 112 Å². The Hall–Kier alpha value is -4.91. The van der Waals surface area contributed by atoms with Crippen LogP contribution in [0.25, 0.3) is 0 Å². The molecule has 2 aromatic carbocycles. The van der Waals surface area contributed by atoms with E-state index >= 15 is 4.79 Å². The number of anilines is 1. The summed E-state index contributed by atoms with van der Waals surface area (Å²) in [5.74, 6) is -0.646. The van der Waals surface area contributed by atoms with Crippen molar-refractivity contribution in [1.82, 2.24) is 25.0 Å². The van der Waals surface area contributed by atoms with E-state index in [-0.39, 0.29) is 51.6 Å². The van der Waals surface area contributed by atoms with E-state index in [1.807, 2.05) is 0 Å². The molecule has 3 aromatic rings. The van der Waals surface area contributed by atoms with Crippen molar-refractivity contribution >= 4 is 27.6 Å². The summed E-state index contributed by atoms with van der Waals surface area (Å²) in [6.45, 7) is 7.11. The molecule has 1 aromatic heterocycles. The third-order valence-electron chi connectivity index (χ3n) is 10.5. The highest BCUT2D eigenvalue weighted by molar-refractivity contribution is 7.93. The molecule has 0 spiro atoms. The van der Waals surface area contributed by atoms with Gasteiger partial charge in [0.1, 0.15) is 16.4 Å². The van der Waals surface area contributed by atoms with E-state index in [4.69, 9.17) is 14.2 Å². The van der Waals surface area contributed by atoms with Gasteiger partial charge in [0.05, 0.1) is 43.7 Å². The molecule has 0 bridgehead atoms. The molecule has 0 aliphatic carbocycles. The molecule has 4 aliphatic heterocycles. The lowest BCUT2D eigenvalue weighted by Gasteiger charge is -2.50. The van der Waals surface area contributed by atoms with E-state index in [0.717, 1.165) is 25.9 Å². The van der Waals surface area contributed by atoms with E-state index in [1.54, 1.807) is 24.0 Å². The van der Waals surface area contributed by atoms with Gasteiger partial charge >= 0.3 is 6.03 Å². The molecule has 3 amide bonds. The first-order valence-electron chi connectivity index (χ1n) is 17.2. The number of ether oxygens (including phenoxy) is 3. The number of amides is 3. The molecule has 1 N–H and O–H groups in total. The molecule has 14 nitrogen and oxygen atoms in total. The molecule has 4 aliphatic rings. The number of rotatable bonds is 10. The molecule has 5 heterocycles. The molecular weight excluding hydrogens is 675 g/mol. The summed E-state index contributed by atoms with van der Waals surface area (Å²) in [5.41, 5.74) is -1.78. The number of aromatic nitrogens is 1. The minimum Gasteiger partial charge on any atom is -0.497 e. The first kappa shape index (κ1) is 34.5. The van der Waals surface area contributed by atoms with Crippen LogP contribution in [0.2, 0.25) is 0 Å². The highest BCUT2D eigenvalue weighted by Gasteiger charge is 2.59. The predicted molar refractivity (Wildman–Crippen MR) is 186 cm³/mol. The zero-order valence-electron chi connectivity index (χ0n) is 28.9. The van der Waals surface area contributed by atoms with Crippen LogP contribution in [0.5, 0.6) is 17.4 Å². The zero-order chi connectivity index (χ0) is 35.9. The number of hydrogen-bond donors (Lipinski definition) is 1. The lowest BCUT2D eigenvalue weighted by atomic mass is 9.83. The number of pyridine rings is 1. The topological polar surface area (TPSA) is 158 Å². The Balaban J connectivity index is 1.27. The van der Waals surface area contributed by atoms with Gasteiger partial charge in [-0.25, -0.2) is 18.2 Å². The third kappa shape index (κ3) is 5.81. The van der Waals surface area contributed by atoms with Crippen LogP contribution >= 0.6 is 0 Å². The van der Waals surface area contributed by atoms with Crippen LogP contribution in [0.3, 0.4) is 0 Å². The number of urea groups is 1. The number of carbonyl (C=O) groups is 2. The number of hydrogen-bond acceptors (Lipinski definition) is 11. The van der Waals surface area contributed by atoms with Gasteiger partial charge in [-0.05, 0) is 81.7 Å². The van der Waals surface area contributed by atoms with Crippen molar-refractivity contribution in [3.63, 3.8) is 0 Å². The standard InChI is InChI=1S/C36H41N7O7S/c1-4-50-33-28(7-5-14-38-33)36(39-35(45)42-22-26(23-42)41-17-12-25(13-18-41)40-15-6-16-40)29-19-24(21-37)8-10-30(29)43(34(36)44)51(46,47)32-11-9-27(48-2)20-31(32)49-3/h5,7-11,14,19-20,25-26H,4,6,12-13,15-18,22-23H2,1-3H3,(H,39,45)/t36-/m1/s1. The molecule has 3 fully saturated rings. The maximum absolute atomic E-state index is 15.1. The van der Waals surface area contributed by atoms with Crippen molar-refractivity contribution in [2.24, 2.45) is 0 Å². The summed E-state index contributed by atoms with van der Waals surface area (Å²) in [6.07, 6.45) is 4.95. The average molecular weight is 716 g/mol. The monoisotopic (exact) mass is 715 g/mol. The van der Waals surface area contributed by atoms with Gasteiger partial charge in [0.15, 0.2) is 5.54 Å². The number of nitrogens with zero attached hydrogens (tertiary/aromatic N) is 6. The Morgan fingerprint density at radius 2 is 1.75 bits per heavy atom. The first-order chi connectivity index (χ1) is 24.7. The first-order valence-corrected chi connectivity index (χ1v) is 18.6. The normalized spacial score (nSPS) is 21.3. The summed E-state index contributed by atoms with van der Waals surface area (Å²) in [4.78, 5) is 40.1. The fourth-order valence-electron chi connectivity index (χ4n) is 7.57. The lowest BCUT2D eigenvalue weighted by molar-refractivity contribution is -0.121. The average Bonchev–Trinajstić information content (AvgIpc) is 3.34. The summed E-state index contributed by atoms with van der Waals surface area (Å²) in [5, 5.41) is 12.9. The van der Waals surface area contributed by atoms with E-state index in [9.17, 15) is 18.5 Å². The second-order valence-electron chi connectivity index (χ2n) is 13.1. The smallest absolute Gasteiger partial charge is 0.318 e. The van der Waals surface area contributed by atoms with Crippen molar-refractivity contribution in [3.05, 3.63) is 71.4 Å². The van der Waals surface area contributed by atoms with Gasteiger partial charge in [-0.2, -0.15) is 9.57 Å². The Morgan fingerprint density at radius 3 is 2.39 bits per heavy atom. The highest BCUT2D eigenvalue weighted by Crippen LogP contribution is 2.50. The van der Waals surface area contributed by atoms with Gasteiger partial charge in [0, 0.05) is 56.1 Å². The van der Waals surface area contributed by atoms with Crippen LogP contribution < -0.4 is 23.8 Å². The molecular formula is C36H41N7O7S. The summed E-state index contributed by atoms with van der Waals surface area (Å²) >= 11 is 0. The number of fused-ring (bicyclic) bond motifs is 1. The molecule has 0 saturated carbocycles. The fourth-order valence-corrected chi connectivity index (χ4v) is 9.18. The van der Waals surface area contributed by atoms with Crippen molar-refractivity contribution in [2.45, 2.75) is 48.7 Å². The molecule has 1 atom stereocenters. The lowest BCUT2D eigenvalue weighted by Crippen LogP contribution is -2.67. The van der Waals surface area contributed by atoms with Crippen molar-refractivity contribution in [1.29, 1.82) is 5.26 Å². The molecule has 0 radical (unpaired) electrons. The van der Waals surface area contributed by atoms with E-state index in [2.05, 4.69) is 26.2 Å². The van der Waals surface area contributed by atoms with Gasteiger partial charge in [-0.3, -0.25) is 9.69 Å². The van der Waals surface area contributed by atoms with Crippen molar-refractivity contribution in [3.8, 4) is 23.4 Å². The van der Waals surface area contributed by atoms with Crippen molar-refractivity contribution in [2.75, 3.05) is 64.4 Å². The van der Waals surface area contributed by atoms with Gasteiger partial charge in [-0.1, -0.05) is 0 Å². The highest BCUT2D eigenvalue weighted by atomic mass is 32.2. The number of methoxy groups -OCH3 is 2. The van der Waals surface area contributed by atoms with Crippen LogP contribution in [0.4, 0.5) is 10.5 Å². The Labute approximate surface area is 297 Å². The third-order valence-corrected chi connectivity index (χ3v) is 12.2. The molecule has 3 saturated heterocycles. The van der Waals surface area contributed by atoms with E-state index < -0.39 is 27.5 Å². The van der Waals surface area contributed by atoms with E-state index in [0.29, 0.717) is 29.2 Å². The maximum Gasteiger partial charge on any atom is 0.318 e. The van der Waals surface area contributed by atoms with Gasteiger partial charge in [0.25, 0.3) is 15.9 Å². The molecule has 51 heavy (non-hydrogen) atoms. The number of benzene rings is 2. The molecule has 15 heteroatoms. The van der Waals surface area contributed by atoms with Crippen LogP contribution in [0.1, 0.15) is 42.9 Å². The second kappa shape index (κ2) is 13.7. The Kier molecular flexibility index (Phi) is 9.25. The Bertz CT molecular complexity index is 1990. The number of likely N-dealkylation sites (tertiary alicyclic amines) is 3. The van der Waals surface area contributed by atoms with E-state index in [1.165, 1.54) is 76.3 Å². The summed E-state index contributed by atoms with van der Waals surface area (Å²) in [6, 6.07) is 13.9. The van der Waals surface area contributed by atoms with Gasteiger partial charge in [0.2, 0.25) is 5.88 Å². The van der Waals surface area contributed by atoms with Crippen LogP contribution in [0, 0.1) is 11.3 Å². The minimum absolute atomic E-state index is 0.0324. The zero-order valence-corrected chi connectivity index (χ0v) is 29.7. The fraction of sp³-hybridized carbons (Fsp3) is 0.444. The quantitative estimate of drug-likeness (QED) is 0.329. The van der Waals surface area contributed by atoms with Crippen LogP contribution in [-0.2, 0) is 20.4 Å². The number of sulfonamides is 1.